The van der Waals surface area contributed by atoms with E-state index in [1.165, 1.54) is 0 Å². The Labute approximate surface area is 151 Å². The predicted octanol–water partition coefficient (Wildman–Crippen LogP) is 0.159. The molecule has 8 nitrogen and oxygen atoms in total. The molecule has 2 heterocycles. The second-order valence-corrected chi connectivity index (χ2v) is 6.66. The molecule has 26 heavy (non-hydrogen) atoms. The number of carbonyl (C=O) groups is 2. The van der Waals surface area contributed by atoms with Gasteiger partial charge >= 0.3 is 0 Å². The number of nitrogens with one attached hydrogen (secondary N) is 1. The highest BCUT2D eigenvalue weighted by Crippen LogP contribution is 2.15. The maximum Gasteiger partial charge on any atom is 0.274 e. The molecular weight excluding hydrogens is 334 g/mol. The van der Waals surface area contributed by atoms with Crippen LogP contribution in [-0.2, 0) is 4.79 Å². The molecule has 1 aliphatic heterocycles. The van der Waals surface area contributed by atoms with Crippen molar-refractivity contribution < 1.29 is 9.59 Å². The maximum atomic E-state index is 13.0. The highest BCUT2D eigenvalue weighted by molar-refractivity contribution is 6.04. The average molecular weight is 357 g/mol. The van der Waals surface area contributed by atoms with E-state index >= 15 is 0 Å². The van der Waals surface area contributed by atoms with E-state index in [1.807, 2.05) is 0 Å². The van der Waals surface area contributed by atoms with E-state index < -0.39 is 0 Å². The second-order valence-electron chi connectivity index (χ2n) is 6.66. The number of hydrogen-bond acceptors (Lipinski definition) is 5. The summed E-state index contributed by atoms with van der Waals surface area (Å²) in [6.07, 6.45) is 0.785. The summed E-state index contributed by atoms with van der Waals surface area (Å²) < 4.78 is 0. The second kappa shape index (κ2) is 7.65. The van der Waals surface area contributed by atoms with E-state index in [0.29, 0.717) is 37.0 Å². The monoisotopic (exact) mass is 357 g/mol. The van der Waals surface area contributed by atoms with Crippen molar-refractivity contribution in [2.75, 3.05) is 46.8 Å². The van der Waals surface area contributed by atoms with Crippen LogP contribution in [-0.4, -0.2) is 83.5 Å². The number of aromatic amines is 1. The Morgan fingerprint density at radius 2 is 1.85 bits per heavy atom. The molecule has 1 saturated heterocycles. The number of rotatable bonds is 3. The van der Waals surface area contributed by atoms with Crippen molar-refractivity contribution in [1.82, 2.24) is 24.9 Å². The molecule has 0 saturated carbocycles. The minimum atomic E-state index is -0.304. The topological polar surface area (TPSA) is 89.6 Å². The summed E-state index contributed by atoms with van der Waals surface area (Å²) >= 11 is 0. The standard InChI is InChI=1S/C18H23N5O3/c1-21(2)15(24)12-22-8-5-9-23(11-10-22)18(26)16-13-6-3-4-7-14(13)17(25)20-19-16/h3-4,6-7H,5,8-12H2,1-2H3,(H,20,25). The third kappa shape index (κ3) is 3.75. The third-order valence-electron chi connectivity index (χ3n) is 4.63. The molecule has 1 aromatic carbocycles. The van der Waals surface area contributed by atoms with Gasteiger partial charge in [0.2, 0.25) is 5.91 Å². The first kappa shape index (κ1) is 18.1. The Morgan fingerprint density at radius 1 is 1.12 bits per heavy atom. The van der Waals surface area contributed by atoms with E-state index in [2.05, 4.69) is 15.1 Å². The summed E-state index contributed by atoms with van der Waals surface area (Å²) in [5.41, 5.74) is -0.0422. The molecule has 1 fully saturated rings. The zero-order chi connectivity index (χ0) is 18.7. The number of aromatic nitrogens is 2. The molecule has 3 rings (SSSR count). The van der Waals surface area contributed by atoms with Gasteiger partial charge in [0.15, 0.2) is 5.69 Å². The molecule has 1 aliphatic rings. The van der Waals surface area contributed by atoms with E-state index in [0.717, 1.165) is 13.0 Å². The Morgan fingerprint density at radius 3 is 2.58 bits per heavy atom. The van der Waals surface area contributed by atoms with Gasteiger partial charge in [0, 0.05) is 45.7 Å². The fourth-order valence-electron chi connectivity index (χ4n) is 3.09. The van der Waals surface area contributed by atoms with Crippen molar-refractivity contribution in [3.05, 3.63) is 40.3 Å². The minimum Gasteiger partial charge on any atom is -0.348 e. The van der Waals surface area contributed by atoms with Gasteiger partial charge in [-0.05, 0) is 12.5 Å². The molecule has 1 aromatic heterocycles. The molecular formula is C18H23N5O3. The van der Waals surface area contributed by atoms with Crippen LogP contribution in [0.3, 0.4) is 0 Å². The Kier molecular flexibility index (Phi) is 5.32. The fraction of sp³-hybridized carbons (Fsp3) is 0.444. The van der Waals surface area contributed by atoms with Crippen molar-refractivity contribution in [3.63, 3.8) is 0 Å². The lowest BCUT2D eigenvalue weighted by atomic mass is 10.1. The van der Waals surface area contributed by atoms with Crippen molar-refractivity contribution >= 4 is 22.6 Å². The average Bonchev–Trinajstić information content (AvgIpc) is 2.87. The van der Waals surface area contributed by atoms with Crippen LogP contribution in [0.15, 0.2) is 29.1 Å². The smallest absolute Gasteiger partial charge is 0.274 e. The van der Waals surface area contributed by atoms with E-state index in [9.17, 15) is 14.4 Å². The third-order valence-corrected chi connectivity index (χ3v) is 4.63. The highest BCUT2D eigenvalue weighted by atomic mass is 16.2. The van der Waals surface area contributed by atoms with Crippen LogP contribution < -0.4 is 5.56 Å². The summed E-state index contributed by atoms with van der Waals surface area (Å²) in [7, 11) is 3.48. The summed E-state index contributed by atoms with van der Waals surface area (Å²) in [5.74, 6) is -0.142. The normalized spacial score (nSPS) is 15.7. The molecule has 0 aliphatic carbocycles. The number of nitrogens with zero attached hydrogens (tertiary/aromatic N) is 4. The van der Waals surface area contributed by atoms with Crippen LogP contribution in [0.5, 0.6) is 0 Å². The van der Waals surface area contributed by atoms with Gasteiger partial charge in [-0.1, -0.05) is 18.2 Å². The lowest BCUT2D eigenvalue weighted by molar-refractivity contribution is -0.129. The zero-order valence-electron chi connectivity index (χ0n) is 15.1. The molecule has 0 radical (unpaired) electrons. The first-order valence-corrected chi connectivity index (χ1v) is 8.66. The van der Waals surface area contributed by atoms with Crippen molar-refractivity contribution in [2.45, 2.75) is 6.42 Å². The minimum absolute atomic E-state index is 0.0538. The SMILES string of the molecule is CN(C)C(=O)CN1CCCN(C(=O)c2n[nH]c(=O)c3ccccc23)CC1. The summed E-state index contributed by atoms with van der Waals surface area (Å²) in [6, 6.07) is 6.98. The quantitative estimate of drug-likeness (QED) is 0.845. The molecule has 1 N–H and O–H groups in total. The van der Waals surface area contributed by atoms with Gasteiger partial charge in [-0.2, -0.15) is 5.10 Å². The van der Waals surface area contributed by atoms with Crippen LogP contribution in [0.1, 0.15) is 16.9 Å². The molecule has 0 unspecified atom stereocenters. The van der Waals surface area contributed by atoms with Crippen LogP contribution in [0.2, 0.25) is 0 Å². The molecule has 0 spiro atoms. The first-order valence-electron chi connectivity index (χ1n) is 8.66. The molecule has 2 amide bonds. The highest BCUT2D eigenvalue weighted by Gasteiger charge is 2.24. The number of amides is 2. The zero-order valence-corrected chi connectivity index (χ0v) is 15.1. The van der Waals surface area contributed by atoms with Gasteiger partial charge < -0.3 is 9.80 Å². The van der Waals surface area contributed by atoms with Crippen molar-refractivity contribution in [1.29, 1.82) is 0 Å². The summed E-state index contributed by atoms with van der Waals surface area (Å²) in [4.78, 5) is 42.1. The number of likely N-dealkylation sites (N-methyl/N-ethyl adjacent to an activating group) is 1. The molecule has 138 valence electrons. The molecule has 8 heteroatoms. The number of benzene rings is 1. The number of fused-ring (bicyclic) bond motifs is 1. The maximum absolute atomic E-state index is 13.0. The largest absolute Gasteiger partial charge is 0.348 e. The fourth-order valence-corrected chi connectivity index (χ4v) is 3.09. The summed E-state index contributed by atoms with van der Waals surface area (Å²) in [5, 5.41) is 7.43. The van der Waals surface area contributed by atoms with Gasteiger partial charge in [0.05, 0.1) is 11.9 Å². The molecule has 0 bridgehead atoms. The molecule has 2 aromatic rings. The Hall–Kier alpha value is -2.74. The van der Waals surface area contributed by atoms with Crippen molar-refractivity contribution in [3.8, 4) is 0 Å². The van der Waals surface area contributed by atoms with E-state index in [4.69, 9.17) is 0 Å². The van der Waals surface area contributed by atoms with Gasteiger partial charge in [0.1, 0.15) is 0 Å². The van der Waals surface area contributed by atoms with Gasteiger partial charge in [-0.25, -0.2) is 5.10 Å². The van der Waals surface area contributed by atoms with Crippen LogP contribution in [0.4, 0.5) is 0 Å². The number of H-pyrrole nitrogens is 1. The lowest BCUT2D eigenvalue weighted by Crippen LogP contribution is -2.40. The number of carbonyl (C=O) groups excluding carboxylic acids is 2. The first-order chi connectivity index (χ1) is 12.5. The van der Waals surface area contributed by atoms with Crippen molar-refractivity contribution in [2.24, 2.45) is 0 Å². The Balaban J connectivity index is 1.76. The van der Waals surface area contributed by atoms with E-state index in [1.54, 1.807) is 48.2 Å². The lowest BCUT2D eigenvalue weighted by Gasteiger charge is -2.22. The molecule has 0 atom stereocenters. The van der Waals surface area contributed by atoms with E-state index in [-0.39, 0.29) is 23.1 Å². The van der Waals surface area contributed by atoms with Crippen LogP contribution in [0, 0.1) is 0 Å². The van der Waals surface area contributed by atoms with Gasteiger partial charge in [0.25, 0.3) is 11.5 Å². The summed E-state index contributed by atoms with van der Waals surface area (Å²) in [6.45, 7) is 2.87. The van der Waals surface area contributed by atoms with Gasteiger partial charge in [-0.3, -0.25) is 19.3 Å². The Bertz CT molecular complexity index is 877. The predicted molar refractivity (Wildman–Crippen MR) is 98.0 cm³/mol. The van der Waals surface area contributed by atoms with Gasteiger partial charge in [-0.15, -0.1) is 0 Å². The van der Waals surface area contributed by atoms with Crippen LogP contribution >= 0.6 is 0 Å². The van der Waals surface area contributed by atoms with Crippen LogP contribution in [0.25, 0.3) is 10.8 Å². The number of hydrogen-bond donors (Lipinski definition) is 1.